The van der Waals surface area contributed by atoms with E-state index >= 15 is 0 Å². The van der Waals surface area contributed by atoms with Crippen LogP contribution in [0.25, 0.3) is 0 Å². The second-order valence-corrected chi connectivity index (χ2v) is 4.76. The number of methoxy groups -OCH3 is 1. The highest BCUT2D eigenvalue weighted by Crippen LogP contribution is 2.17. The third kappa shape index (κ3) is 3.15. The summed E-state index contributed by atoms with van der Waals surface area (Å²) in [7, 11) is 3.65. The third-order valence-electron chi connectivity index (χ3n) is 3.51. The molecule has 1 atom stereocenters. The molecule has 0 saturated heterocycles. The van der Waals surface area contributed by atoms with Gasteiger partial charge in [-0.1, -0.05) is 12.1 Å². The summed E-state index contributed by atoms with van der Waals surface area (Å²) in [6, 6.07) is 8.41. The Bertz CT molecular complexity index is 531. The predicted octanol–water partition coefficient (Wildman–Crippen LogP) is 2.59. The molecule has 2 rings (SSSR count). The lowest BCUT2D eigenvalue weighted by molar-refractivity contribution is 0.414. The molecule has 4 nitrogen and oxygen atoms in total. The first-order valence-electron chi connectivity index (χ1n) is 6.46. The fourth-order valence-electron chi connectivity index (χ4n) is 2.07. The van der Waals surface area contributed by atoms with Crippen molar-refractivity contribution in [2.75, 3.05) is 7.11 Å². The van der Waals surface area contributed by atoms with E-state index in [1.807, 2.05) is 30.1 Å². The molecule has 0 radical (unpaired) electrons. The summed E-state index contributed by atoms with van der Waals surface area (Å²) in [6.07, 6.45) is 1.93. The van der Waals surface area contributed by atoms with Crippen LogP contribution in [0, 0.1) is 6.92 Å². The van der Waals surface area contributed by atoms with Gasteiger partial charge < -0.3 is 10.1 Å². The SMILES string of the molecule is COc1ccc(CNC(C)c2cnn(C)c2C)cc1. The summed E-state index contributed by atoms with van der Waals surface area (Å²) in [5.41, 5.74) is 3.69. The Balaban J connectivity index is 1.96. The highest BCUT2D eigenvalue weighted by atomic mass is 16.5. The average Bonchev–Trinajstić information content (AvgIpc) is 2.77. The van der Waals surface area contributed by atoms with Gasteiger partial charge in [0.1, 0.15) is 5.75 Å². The largest absolute Gasteiger partial charge is 0.497 e. The molecule has 0 saturated carbocycles. The minimum Gasteiger partial charge on any atom is -0.497 e. The molecule has 0 bridgehead atoms. The van der Waals surface area contributed by atoms with Crippen molar-refractivity contribution in [1.82, 2.24) is 15.1 Å². The normalized spacial score (nSPS) is 12.4. The predicted molar refractivity (Wildman–Crippen MR) is 76.2 cm³/mol. The first-order chi connectivity index (χ1) is 9.11. The molecular weight excluding hydrogens is 238 g/mol. The summed E-state index contributed by atoms with van der Waals surface area (Å²) in [5.74, 6) is 0.889. The number of hydrogen-bond donors (Lipinski definition) is 1. The Morgan fingerprint density at radius 3 is 2.53 bits per heavy atom. The molecule has 0 aliphatic rings. The monoisotopic (exact) mass is 259 g/mol. The molecule has 1 N–H and O–H groups in total. The van der Waals surface area contributed by atoms with E-state index in [2.05, 4.69) is 36.4 Å². The summed E-state index contributed by atoms with van der Waals surface area (Å²) < 4.78 is 7.05. The summed E-state index contributed by atoms with van der Waals surface area (Å²) >= 11 is 0. The first-order valence-corrected chi connectivity index (χ1v) is 6.46. The molecule has 1 unspecified atom stereocenters. The zero-order valence-corrected chi connectivity index (χ0v) is 12.0. The summed E-state index contributed by atoms with van der Waals surface area (Å²) in [4.78, 5) is 0. The van der Waals surface area contributed by atoms with Crippen molar-refractivity contribution >= 4 is 0 Å². The Morgan fingerprint density at radius 2 is 2.00 bits per heavy atom. The van der Waals surface area contributed by atoms with Crippen LogP contribution < -0.4 is 10.1 Å². The molecule has 0 amide bonds. The maximum atomic E-state index is 5.15. The Kier molecular flexibility index (Phi) is 4.22. The van der Waals surface area contributed by atoms with E-state index in [4.69, 9.17) is 4.74 Å². The maximum absolute atomic E-state index is 5.15. The van der Waals surface area contributed by atoms with Crippen LogP contribution in [-0.4, -0.2) is 16.9 Å². The number of aromatic nitrogens is 2. The number of nitrogens with zero attached hydrogens (tertiary/aromatic N) is 2. The van der Waals surface area contributed by atoms with Crippen molar-refractivity contribution in [2.24, 2.45) is 7.05 Å². The molecule has 1 heterocycles. The van der Waals surface area contributed by atoms with E-state index in [1.165, 1.54) is 16.8 Å². The van der Waals surface area contributed by atoms with E-state index in [0.29, 0.717) is 0 Å². The zero-order valence-electron chi connectivity index (χ0n) is 12.0. The van der Waals surface area contributed by atoms with Gasteiger partial charge in [0.2, 0.25) is 0 Å². The molecule has 0 aliphatic carbocycles. The van der Waals surface area contributed by atoms with Crippen LogP contribution in [0.3, 0.4) is 0 Å². The average molecular weight is 259 g/mol. The fourth-order valence-corrected chi connectivity index (χ4v) is 2.07. The van der Waals surface area contributed by atoms with Gasteiger partial charge in [-0.05, 0) is 31.5 Å². The molecule has 4 heteroatoms. The zero-order chi connectivity index (χ0) is 13.8. The molecule has 0 fully saturated rings. The van der Waals surface area contributed by atoms with E-state index < -0.39 is 0 Å². The van der Waals surface area contributed by atoms with E-state index in [9.17, 15) is 0 Å². The van der Waals surface area contributed by atoms with Gasteiger partial charge in [0.25, 0.3) is 0 Å². The van der Waals surface area contributed by atoms with Crippen LogP contribution in [0.2, 0.25) is 0 Å². The highest BCUT2D eigenvalue weighted by molar-refractivity contribution is 5.27. The Labute approximate surface area is 114 Å². The molecule has 2 aromatic rings. The minimum atomic E-state index is 0.288. The first kappa shape index (κ1) is 13.6. The van der Waals surface area contributed by atoms with Crippen LogP contribution in [-0.2, 0) is 13.6 Å². The molecule has 1 aromatic carbocycles. The number of ether oxygens (including phenoxy) is 1. The van der Waals surface area contributed by atoms with Gasteiger partial charge in [0, 0.05) is 30.9 Å². The molecule has 102 valence electrons. The van der Waals surface area contributed by atoms with Crippen molar-refractivity contribution in [3.8, 4) is 5.75 Å². The molecule has 0 aliphatic heterocycles. The van der Waals surface area contributed by atoms with Gasteiger partial charge in [0.05, 0.1) is 13.3 Å². The summed E-state index contributed by atoms with van der Waals surface area (Å²) in [6.45, 7) is 5.08. The van der Waals surface area contributed by atoms with Crippen molar-refractivity contribution in [3.05, 3.63) is 47.3 Å². The Morgan fingerprint density at radius 1 is 1.32 bits per heavy atom. The fraction of sp³-hybridized carbons (Fsp3) is 0.400. The lowest BCUT2D eigenvalue weighted by Crippen LogP contribution is -2.18. The smallest absolute Gasteiger partial charge is 0.118 e. The minimum absolute atomic E-state index is 0.288. The van der Waals surface area contributed by atoms with E-state index in [-0.39, 0.29) is 6.04 Å². The number of rotatable bonds is 5. The molecule has 19 heavy (non-hydrogen) atoms. The number of aryl methyl sites for hydroxylation is 1. The van der Waals surface area contributed by atoms with Gasteiger partial charge >= 0.3 is 0 Å². The van der Waals surface area contributed by atoms with Crippen molar-refractivity contribution in [1.29, 1.82) is 0 Å². The number of benzene rings is 1. The standard InChI is InChI=1S/C15H21N3O/c1-11(15-10-17-18(3)12(15)2)16-9-13-5-7-14(19-4)8-6-13/h5-8,10-11,16H,9H2,1-4H3. The van der Waals surface area contributed by atoms with E-state index in [1.54, 1.807) is 7.11 Å². The van der Waals surface area contributed by atoms with Gasteiger partial charge in [-0.15, -0.1) is 0 Å². The van der Waals surface area contributed by atoms with Crippen LogP contribution in [0.15, 0.2) is 30.5 Å². The van der Waals surface area contributed by atoms with Crippen LogP contribution >= 0.6 is 0 Å². The number of hydrogen-bond acceptors (Lipinski definition) is 3. The van der Waals surface area contributed by atoms with Crippen LogP contribution in [0.4, 0.5) is 0 Å². The Hall–Kier alpha value is -1.81. The maximum Gasteiger partial charge on any atom is 0.118 e. The van der Waals surface area contributed by atoms with Crippen molar-refractivity contribution in [2.45, 2.75) is 26.4 Å². The second-order valence-electron chi connectivity index (χ2n) is 4.76. The van der Waals surface area contributed by atoms with Gasteiger partial charge in [-0.3, -0.25) is 4.68 Å². The molecular formula is C15H21N3O. The second kappa shape index (κ2) is 5.89. The third-order valence-corrected chi connectivity index (χ3v) is 3.51. The lowest BCUT2D eigenvalue weighted by Gasteiger charge is -2.14. The van der Waals surface area contributed by atoms with Gasteiger partial charge in [-0.2, -0.15) is 5.10 Å². The summed E-state index contributed by atoms with van der Waals surface area (Å²) in [5, 5.41) is 7.79. The highest BCUT2D eigenvalue weighted by Gasteiger charge is 2.11. The topological polar surface area (TPSA) is 39.1 Å². The van der Waals surface area contributed by atoms with E-state index in [0.717, 1.165) is 12.3 Å². The van der Waals surface area contributed by atoms with Gasteiger partial charge in [-0.25, -0.2) is 0 Å². The van der Waals surface area contributed by atoms with Crippen LogP contribution in [0.1, 0.15) is 29.8 Å². The number of nitrogens with one attached hydrogen (secondary N) is 1. The molecule has 1 aromatic heterocycles. The lowest BCUT2D eigenvalue weighted by atomic mass is 10.1. The quantitative estimate of drug-likeness (QED) is 0.897. The van der Waals surface area contributed by atoms with Crippen molar-refractivity contribution < 1.29 is 4.74 Å². The molecule has 0 spiro atoms. The van der Waals surface area contributed by atoms with Crippen LogP contribution in [0.5, 0.6) is 5.75 Å². The van der Waals surface area contributed by atoms with Crippen molar-refractivity contribution in [3.63, 3.8) is 0 Å². The van der Waals surface area contributed by atoms with Gasteiger partial charge in [0.15, 0.2) is 0 Å².